The SMILES string of the molecule is Cc1cc(CN)cnc1N(C)CC1(N(C)C)CCC1. The van der Waals surface area contributed by atoms with Crippen LogP contribution in [0.1, 0.15) is 30.4 Å². The highest BCUT2D eigenvalue weighted by atomic mass is 15.2. The summed E-state index contributed by atoms with van der Waals surface area (Å²) >= 11 is 0. The van der Waals surface area contributed by atoms with E-state index in [9.17, 15) is 0 Å². The molecule has 19 heavy (non-hydrogen) atoms. The average Bonchev–Trinajstić information content (AvgIpc) is 2.32. The number of anilines is 1. The fourth-order valence-corrected chi connectivity index (χ4v) is 2.99. The largest absolute Gasteiger partial charge is 0.358 e. The minimum Gasteiger partial charge on any atom is -0.358 e. The summed E-state index contributed by atoms with van der Waals surface area (Å²) in [5.41, 5.74) is 8.29. The monoisotopic (exact) mass is 262 g/mol. The first-order valence-corrected chi connectivity index (χ1v) is 7.03. The van der Waals surface area contributed by atoms with E-state index in [1.165, 1.54) is 24.8 Å². The summed E-state index contributed by atoms with van der Waals surface area (Å²) < 4.78 is 0. The first kappa shape index (κ1) is 14.3. The van der Waals surface area contributed by atoms with Crippen LogP contribution in [0, 0.1) is 6.92 Å². The Morgan fingerprint density at radius 3 is 2.42 bits per heavy atom. The van der Waals surface area contributed by atoms with Crippen LogP contribution in [0.3, 0.4) is 0 Å². The van der Waals surface area contributed by atoms with Crippen molar-refractivity contribution in [1.29, 1.82) is 0 Å². The normalized spacial score (nSPS) is 17.4. The molecule has 0 spiro atoms. The topological polar surface area (TPSA) is 45.4 Å². The van der Waals surface area contributed by atoms with Crippen molar-refractivity contribution in [3.8, 4) is 0 Å². The van der Waals surface area contributed by atoms with Gasteiger partial charge in [0.1, 0.15) is 5.82 Å². The molecule has 1 saturated carbocycles. The molecule has 1 fully saturated rings. The number of aryl methyl sites for hydroxylation is 1. The average molecular weight is 262 g/mol. The summed E-state index contributed by atoms with van der Waals surface area (Å²) in [5, 5.41) is 0. The highest BCUT2D eigenvalue weighted by Crippen LogP contribution is 2.37. The van der Waals surface area contributed by atoms with E-state index >= 15 is 0 Å². The second-order valence-corrected chi connectivity index (χ2v) is 6.02. The van der Waals surface area contributed by atoms with E-state index in [0.717, 1.165) is 17.9 Å². The lowest BCUT2D eigenvalue weighted by Gasteiger charge is -2.49. The molecular weight excluding hydrogens is 236 g/mol. The molecule has 2 rings (SSSR count). The zero-order chi connectivity index (χ0) is 14.0. The van der Waals surface area contributed by atoms with Crippen molar-refractivity contribution < 1.29 is 0 Å². The Morgan fingerprint density at radius 2 is 2.00 bits per heavy atom. The number of likely N-dealkylation sites (N-methyl/N-ethyl adjacent to an activating group) is 2. The lowest BCUT2D eigenvalue weighted by molar-refractivity contribution is 0.0681. The molecule has 1 heterocycles. The highest BCUT2D eigenvalue weighted by molar-refractivity contribution is 5.47. The van der Waals surface area contributed by atoms with Gasteiger partial charge in [-0.25, -0.2) is 4.98 Å². The summed E-state index contributed by atoms with van der Waals surface area (Å²) in [6.07, 6.45) is 5.79. The Morgan fingerprint density at radius 1 is 1.32 bits per heavy atom. The van der Waals surface area contributed by atoms with E-state index < -0.39 is 0 Å². The number of pyridine rings is 1. The minimum atomic E-state index is 0.329. The molecule has 4 heteroatoms. The van der Waals surface area contributed by atoms with Crippen molar-refractivity contribution in [3.63, 3.8) is 0 Å². The number of nitrogens with zero attached hydrogens (tertiary/aromatic N) is 3. The van der Waals surface area contributed by atoms with E-state index in [-0.39, 0.29) is 0 Å². The van der Waals surface area contributed by atoms with Crippen molar-refractivity contribution in [1.82, 2.24) is 9.88 Å². The molecule has 106 valence electrons. The number of aromatic nitrogens is 1. The molecule has 2 N–H and O–H groups in total. The third-order valence-electron chi connectivity index (χ3n) is 4.47. The fraction of sp³-hybridized carbons (Fsp3) is 0.667. The minimum absolute atomic E-state index is 0.329. The molecule has 1 aromatic rings. The van der Waals surface area contributed by atoms with Gasteiger partial charge in [0, 0.05) is 31.9 Å². The molecule has 1 aliphatic rings. The Bertz CT molecular complexity index is 438. The fourth-order valence-electron chi connectivity index (χ4n) is 2.99. The Kier molecular flexibility index (Phi) is 4.11. The maximum atomic E-state index is 5.66. The highest BCUT2D eigenvalue weighted by Gasteiger charge is 2.40. The van der Waals surface area contributed by atoms with Crippen LogP contribution < -0.4 is 10.6 Å². The van der Waals surface area contributed by atoms with Gasteiger partial charge in [0.05, 0.1) is 0 Å². The van der Waals surface area contributed by atoms with Gasteiger partial charge in [-0.3, -0.25) is 0 Å². The lowest BCUT2D eigenvalue weighted by Crippen LogP contribution is -2.57. The molecule has 0 bridgehead atoms. The third-order valence-corrected chi connectivity index (χ3v) is 4.47. The van der Waals surface area contributed by atoms with Crippen molar-refractivity contribution in [2.75, 3.05) is 32.6 Å². The van der Waals surface area contributed by atoms with Crippen molar-refractivity contribution in [3.05, 3.63) is 23.4 Å². The second kappa shape index (κ2) is 5.47. The summed E-state index contributed by atoms with van der Waals surface area (Å²) in [4.78, 5) is 9.24. The van der Waals surface area contributed by atoms with Gasteiger partial charge < -0.3 is 15.5 Å². The Labute approximate surface area is 116 Å². The van der Waals surface area contributed by atoms with E-state index in [4.69, 9.17) is 5.73 Å². The van der Waals surface area contributed by atoms with E-state index in [0.29, 0.717) is 12.1 Å². The lowest BCUT2D eigenvalue weighted by atomic mass is 9.75. The molecule has 0 radical (unpaired) electrons. The van der Waals surface area contributed by atoms with E-state index in [2.05, 4.69) is 48.9 Å². The third kappa shape index (κ3) is 2.74. The van der Waals surface area contributed by atoms with Gasteiger partial charge in [-0.05, 0) is 57.5 Å². The van der Waals surface area contributed by atoms with Gasteiger partial charge in [0.15, 0.2) is 0 Å². The molecule has 1 aromatic heterocycles. The predicted octanol–water partition coefficient (Wildman–Crippen LogP) is 1.77. The molecule has 0 aromatic carbocycles. The molecule has 0 aliphatic heterocycles. The van der Waals surface area contributed by atoms with E-state index in [1.54, 1.807) is 0 Å². The maximum absolute atomic E-state index is 5.66. The molecule has 1 aliphatic carbocycles. The zero-order valence-electron chi connectivity index (χ0n) is 12.6. The summed E-state index contributed by atoms with van der Waals surface area (Å²) in [5.74, 6) is 1.07. The Balaban J connectivity index is 2.13. The van der Waals surface area contributed by atoms with Crippen LogP contribution in [-0.4, -0.2) is 43.1 Å². The quantitative estimate of drug-likeness (QED) is 0.878. The van der Waals surface area contributed by atoms with Crippen LogP contribution >= 0.6 is 0 Å². The standard InChI is InChI=1S/C15H26N4/c1-12-8-13(9-16)10-17-14(12)19(4)11-15(18(2)3)6-5-7-15/h8,10H,5-7,9,11,16H2,1-4H3. The van der Waals surface area contributed by atoms with Crippen molar-refractivity contribution >= 4 is 5.82 Å². The summed E-state index contributed by atoms with van der Waals surface area (Å²) in [7, 11) is 6.51. The first-order chi connectivity index (χ1) is 8.98. The molecule has 0 amide bonds. The summed E-state index contributed by atoms with van der Waals surface area (Å²) in [6, 6.07) is 2.14. The molecule has 4 nitrogen and oxygen atoms in total. The van der Waals surface area contributed by atoms with Gasteiger partial charge in [0.2, 0.25) is 0 Å². The van der Waals surface area contributed by atoms with Crippen molar-refractivity contribution in [2.45, 2.75) is 38.3 Å². The van der Waals surface area contributed by atoms with Gasteiger partial charge >= 0.3 is 0 Å². The summed E-state index contributed by atoms with van der Waals surface area (Å²) in [6.45, 7) is 3.70. The number of hydrogen-bond acceptors (Lipinski definition) is 4. The maximum Gasteiger partial charge on any atom is 0.131 e. The predicted molar refractivity (Wildman–Crippen MR) is 80.4 cm³/mol. The van der Waals surface area contributed by atoms with Gasteiger partial charge in [-0.1, -0.05) is 0 Å². The van der Waals surface area contributed by atoms with Crippen LogP contribution in [0.4, 0.5) is 5.82 Å². The molecule has 0 saturated heterocycles. The smallest absolute Gasteiger partial charge is 0.131 e. The van der Waals surface area contributed by atoms with Crippen LogP contribution in [0.15, 0.2) is 12.3 Å². The number of hydrogen-bond donors (Lipinski definition) is 1. The zero-order valence-corrected chi connectivity index (χ0v) is 12.6. The van der Waals surface area contributed by atoms with Gasteiger partial charge in [0.25, 0.3) is 0 Å². The number of rotatable bonds is 5. The van der Waals surface area contributed by atoms with Gasteiger partial charge in [-0.15, -0.1) is 0 Å². The second-order valence-electron chi connectivity index (χ2n) is 6.02. The molecular formula is C15H26N4. The van der Waals surface area contributed by atoms with Crippen LogP contribution in [0.25, 0.3) is 0 Å². The van der Waals surface area contributed by atoms with Crippen molar-refractivity contribution in [2.24, 2.45) is 5.73 Å². The van der Waals surface area contributed by atoms with Crippen LogP contribution in [-0.2, 0) is 6.54 Å². The number of nitrogens with two attached hydrogens (primary N) is 1. The van der Waals surface area contributed by atoms with Crippen LogP contribution in [0.2, 0.25) is 0 Å². The van der Waals surface area contributed by atoms with Crippen LogP contribution in [0.5, 0.6) is 0 Å². The molecule has 0 unspecified atom stereocenters. The Hall–Kier alpha value is -1.13. The van der Waals surface area contributed by atoms with Gasteiger partial charge in [-0.2, -0.15) is 0 Å². The molecule has 0 atom stereocenters. The van der Waals surface area contributed by atoms with E-state index in [1.807, 2.05) is 6.20 Å². The first-order valence-electron chi connectivity index (χ1n) is 7.03.